The number of nitriles is 1. The first kappa shape index (κ1) is 23.7. The molecule has 6 nitrogen and oxygen atoms in total. The first-order valence-electron chi connectivity index (χ1n) is 12.1. The Labute approximate surface area is 200 Å². The van der Waals surface area contributed by atoms with E-state index >= 15 is 0 Å². The van der Waals surface area contributed by atoms with Gasteiger partial charge in [-0.3, -0.25) is 13.9 Å². The number of benzene rings is 2. The lowest BCUT2D eigenvalue weighted by atomic mass is 9.80. The van der Waals surface area contributed by atoms with E-state index < -0.39 is 0 Å². The molecule has 1 aromatic heterocycles. The molecule has 176 valence electrons. The minimum atomic E-state index is -0.254. The number of hydrogen-bond donors (Lipinski definition) is 1. The van der Waals surface area contributed by atoms with Crippen LogP contribution in [0.1, 0.15) is 60.3 Å². The van der Waals surface area contributed by atoms with Crippen LogP contribution in [0.15, 0.2) is 70.4 Å². The maximum Gasteiger partial charge on any atom is 0.331 e. The molecule has 0 amide bonds. The fourth-order valence-electron chi connectivity index (χ4n) is 5.00. The molecule has 0 saturated heterocycles. The topological polar surface area (TPSA) is 79.8 Å². The van der Waals surface area contributed by atoms with Gasteiger partial charge in [-0.2, -0.15) is 5.26 Å². The molecule has 0 radical (unpaired) electrons. The summed E-state index contributed by atoms with van der Waals surface area (Å²) in [5.74, 6) is 0.447. The van der Waals surface area contributed by atoms with Gasteiger partial charge in [-0.25, -0.2) is 4.79 Å². The van der Waals surface area contributed by atoms with E-state index in [1.165, 1.54) is 10.1 Å². The van der Waals surface area contributed by atoms with Gasteiger partial charge in [-0.15, -0.1) is 0 Å². The number of nitrogens with one attached hydrogen (secondary N) is 1. The highest BCUT2D eigenvalue weighted by Gasteiger charge is 2.23. The summed E-state index contributed by atoms with van der Waals surface area (Å²) < 4.78 is 3.00. The molecule has 1 saturated carbocycles. The summed E-state index contributed by atoms with van der Waals surface area (Å²) in [4.78, 5) is 25.6. The van der Waals surface area contributed by atoms with Gasteiger partial charge < -0.3 is 5.32 Å². The quantitative estimate of drug-likeness (QED) is 0.521. The second-order valence-corrected chi connectivity index (χ2v) is 9.22. The molecule has 0 bridgehead atoms. The van der Waals surface area contributed by atoms with E-state index in [4.69, 9.17) is 0 Å². The maximum atomic E-state index is 12.9. The Morgan fingerprint density at radius 1 is 1.00 bits per heavy atom. The van der Waals surface area contributed by atoms with Gasteiger partial charge in [-0.1, -0.05) is 48.5 Å². The fourth-order valence-corrected chi connectivity index (χ4v) is 5.00. The zero-order chi connectivity index (χ0) is 23.9. The van der Waals surface area contributed by atoms with Crippen molar-refractivity contribution in [3.05, 3.63) is 104 Å². The van der Waals surface area contributed by atoms with Crippen molar-refractivity contribution in [2.45, 2.75) is 64.1 Å². The minimum absolute atomic E-state index is 0.203. The molecule has 4 rings (SSSR count). The predicted octanol–water partition coefficient (Wildman–Crippen LogP) is 3.94. The summed E-state index contributed by atoms with van der Waals surface area (Å²) in [6.45, 7) is 3.40. The summed E-state index contributed by atoms with van der Waals surface area (Å²) >= 11 is 0. The zero-order valence-electron chi connectivity index (χ0n) is 19.7. The molecule has 0 spiro atoms. The lowest BCUT2D eigenvalue weighted by Crippen LogP contribution is -2.41. The summed E-state index contributed by atoms with van der Waals surface area (Å²) in [5.41, 5.74) is 3.12. The van der Waals surface area contributed by atoms with Crippen LogP contribution in [0, 0.1) is 18.3 Å². The Morgan fingerprint density at radius 3 is 2.44 bits per heavy atom. The van der Waals surface area contributed by atoms with Crippen LogP contribution in [0.3, 0.4) is 0 Å². The van der Waals surface area contributed by atoms with Gasteiger partial charge >= 0.3 is 5.69 Å². The van der Waals surface area contributed by atoms with Crippen LogP contribution < -0.4 is 16.6 Å². The molecule has 0 atom stereocenters. The second kappa shape index (κ2) is 11.1. The largest absolute Gasteiger partial charge is 0.331 e. The first-order chi connectivity index (χ1) is 16.6. The Hall–Kier alpha value is -3.43. The summed E-state index contributed by atoms with van der Waals surface area (Å²) in [6, 6.07) is 20.5. The lowest BCUT2D eigenvalue weighted by molar-refractivity contribution is 0.338. The van der Waals surface area contributed by atoms with Crippen LogP contribution in [-0.2, 0) is 13.1 Å². The number of aromatic nitrogens is 2. The molecule has 1 aliphatic rings. The van der Waals surface area contributed by atoms with Gasteiger partial charge in [0.2, 0.25) is 0 Å². The number of rotatable bonds is 8. The van der Waals surface area contributed by atoms with Crippen LogP contribution in [-0.4, -0.2) is 21.7 Å². The van der Waals surface area contributed by atoms with Crippen molar-refractivity contribution in [3.8, 4) is 6.07 Å². The summed E-state index contributed by atoms with van der Waals surface area (Å²) in [5, 5.41) is 13.0. The minimum Gasteiger partial charge on any atom is -0.314 e. The van der Waals surface area contributed by atoms with Gasteiger partial charge in [0.25, 0.3) is 5.56 Å². The number of hydrogen-bond acceptors (Lipinski definition) is 4. The smallest absolute Gasteiger partial charge is 0.314 e. The molecule has 6 heteroatoms. The Morgan fingerprint density at radius 2 is 1.71 bits per heavy atom. The van der Waals surface area contributed by atoms with Crippen LogP contribution in [0.4, 0.5) is 0 Å². The zero-order valence-corrected chi connectivity index (χ0v) is 19.7. The number of nitrogens with zero attached hydrogens (tertiary/aromatic N) is 3. The SMILES string of the molecule is Cc1cn(Cc2ccccc2)c(=O)n(CCCNC2CCC(c3ccccc3C#N)CC2)c1=O. The highest BCUT2D eigenvalue weighted by atomic mass is 16.2. The van der Waals surface area contributed by atoms with Crippen LogP contribution in [0.25, 0.3) is 0 Å². The van der Waals surface area contributed by atoms with Crippen molar-refractivity contribution in [2.24, 2.45) is 0 Å². The van der Waals surface area contributed by atoms with E-state index in [2.05, 4.69) is 17.5 Å². The third kappa shape index (κ3) is 5.55. The van der Waals surface area contributed by atoms with Gasteiger partial charge in [0.15, 0.2) is 0 Å². The van der Waals surface area contributed by atoms with E-state index in [0.29, 0.717) is 30.6 Å². The Bertz CT molecular complexity index is 1260. The fraction of sp³-hybridized carbons (Fsp3) is 0.393. The van der Waals surface area contributed by atoms with E-state index in [0.717, 1.165) is 49.8 Å². The van der Waals surface area contributed by atoms with Gasteiger partial charge in [0.05, 0.1) is 18.2 Å². The molecule has 34 heavy (non-hydrogen) atoms. The van der Waals surface area contributed by atoms with Crippen LogP contribution in [0.5, 0.6) is 0 Å². The highest BCUT2D eigenvalue weighted by molar-refractivity contribution is 5.39. The molecular formula is C28H32N4O2. The normalized spacial score (nSPS) is 17.9. The molecule has 0 aliphatic heterocycles. The molecular weight excluding hydrogens is 424 g/mol. The predicted molar refractivity (Wildman–Crippen MR) is 134 cm³/mol. The standard InChI is InChI=1S/C28H32N4O2/c1-21-19-31(20-22-8-3-2-4-9-22)28(34)32(27(21)33)17-7-16-30-25-14-12-23(13-15-25)26-11-6-5-10-24(26)18-29/h2-6,8-11,19,23,25,30H,7,12-17,20H2,1H3. The third-order valence-electron chi connectivity index (χ3n) is 6.84. The van der Waals surface area contributed by atoms with Crippen molar-refractivity contribution < 1.29 is 0 Å². The van der Waals surface area contributed by atoms with Crippen molar-refractivity contribution in [1.29, 1.82) is 5.26 Å². The molecule has 1 aliphatic carbocycles. The van der Waals surface area contributed by atoms with E-state index in [-0.39, 0.29) is 11.2 Å². The molecule has 1 N–H and O–H groups in total. The van der Waals surface area contributed by atoms with Crippen molar-refractivity contribution in [3.63, 3.8) is 0 Å². The van der Waals surface area contributed by atoms with Gasteiger partial charge in [-0.05, 0) is 68.7 Å². The molecule has 1 heterocycles. The molecule has 3 aromatic rings. The average molecular weight is 457 g/mol. The second-order valence-electron chi connectivity index (χ2n) is 9.22. The Kier molecular flexibility index (Phi) is 7.76. The van der Waals surface area contributed by atoms with Gasteiger partial charge in [0.1, 0.15) is 0 Å². The van der Waals surface area contributed by atoms with Crippen LogP contribution >= 0.6 is 0 Å². The lowest BCUT2D eigenvalue weighted by Gasteiger charge is -2.30. The van der Waals surface area contributed by atoms with Crippen LogP contribution in [0.2, 0.25) is 0 Å². The number of aryl methyl sites for hydroxylation is 1. The molecule has 2 aromatic carbocycles. The van der Waals surface area contributed by atoms with Gasteiger partial charge in [0, 0.05) is 24.3 Å². The van der Waals surface area contributed by atoms with Crippen molar-refractivity contribution in [2.75, 3.05) is 6.54 Å². The van der Waals surface area contributed by atoms with Crippen molar-refractivity contribution >= 4 is 0 Å². The molecule has 1 fully saturated rings. The summed E-state index contributed by atoms with van der Waals surface area (Å²) in [6.07, 6.45) is 6.66. The van der Waals surface area contributed by atoms with E-state index in [1.54, 1.807) is 17.7 Å². The Balaban J connectivity index is 1.30. The molecule has 0 unspecified atom stereocenters. The third-order valence-corrected chi connectivity index (χ3v) is 6.84. The maximum absolute atomic E-state index is 12.9. The van der Waals surface area contributed by atoms with E-state index in [1.807, 2.05) is 48.5 Å². The highest BCUT2D eigenvalue weighted by Crippen LogP contribution is 2.34. The summed E-state index contributed by atoms with van der Waals surface area (Å²) in [7, 11) is 0. The monoisotopic (exact) mass is 456 g/mol. The van der Waals surface area contributed by atoms with Crippen molar-refractivity contribution in [1.82, 2.24) is 14.5 Å². The van der Waals surface area contributed by atoms with E-state index in [9.17, 15) is 14.9 Å². The first-order valence-corrected chi connectivity index (χ1v) is 12.1. The average Bonchev–Trinajstić information content (AvgIpc) is 2.88.